The number of esters is 1. The lowest BCUT2D eigenvalue weighted by Crippen LogP contribution is -1.94. The maximum Gasteiger partial charge on any atom is 0.340 e. The molecule has 0 saturated carbocycles. The van der Waals surface area contributed by atoms with Crippen LogP contribution in [0.5, 0.6) is 0 Å². The Bertz CT molecular complexity index is 367. The Morgan fingerprint density at radius 2 is 2.42 bits per heavy atom. The van der Waals surface area contributed by atoms with Gasteiger partial charge < -0.3 is 4.74 Å². The van der Waals surface area contributed by atoms with Crippen LogP contribution in [0.15, 0.2) is 10.5 Å². The van der Waals surface area contributed by atoms with Gasteiger partial charge in [-0.1, -0.05) is 11.6 Å². The van der Waals surface area contributed by atoms with Crippen LogP contribution in [0.3, 0.4) is 0 Å². The number of pyridine rings is 1. The topological polar surface area (TPSA) is 39.2 Å². The zero-order valence-electron chi connectivity index (χ0n) is 5.80. The van der Waals surface area contributed by atoms with E-state index >= 15 is 0 Å². The first-order valence-electron chi connectivity index (χ1n) is 3.20. The van der Waals surface area contributed by atoms with E-state index in [0.717, 1.165) is 0 Å². The molecule has 0 aliphatic carbocycles. The third-order valence-electron chi connectivity index (χ3n) is 1.57. The minimum absolute atomic E-state index is 0.223. The van der Waals surface area contributed by atoms with Crippen molar-refractivity contribution in [1.29, 1.82) is 0 Å². The summed E-state index contributed by atoms with van der Waals surface area (Å²) in [6.07, 6.45) is 0. The molecule has 0 atom stereocenters. The summed E-state index contributed by atoms with van der Waals surface area (Å²) in [4.78, 5) is 15.0. The predicted molar refractivity (Wildman–Crippen MR) is 46.1 cm³/mol. The number of fused-ring (bicyclic) bond motifs is 1. The van der Waals surface area contributed by atoms with Crippen molar-refractivity contribution in [3.8, 4) is 0 Å². The molecule has 1 aromatic heterocycles. The van der Waals surface area contributed by atoms with Crippen LogP contribution in [-0.4, -0.2) is 11.0 Å². The first-order chi connectivity index (χ1) is 5.68. The lowest BCUT2D eigenvalue weighted by molar-refractivity contribution is 0.0533. The van der Waals surface area contributed by atoms with E-state index in [2.05, 4.69) is 20.9 Å². The number of rotatable bonds is 0. The third kappa shape index (κ3) is 1.11. The second kappa shape index (κ2) is 2.71. The molecule has 0 N–H and O–H groups in total. The Hall–Kier alpha value is -0.610. The van der Waals surface area contributed by atoms with Crippen LogP contribution < -0.4 is 0 Å². The van der Waals surface area contributed by atoms with Crippen molar-refractivity contribution < 1.29 is 9.53 Å². The Morgan fingerprint density at radius 3 is 3.17 bits per heavy atom. The summed E-state index contributed by atoms with van der Waals surface area (Å²) in [6, 6.07) is 1.62. The van der Waals surface area contributed by atoms with Gasteiger partial charge in [0.1, 0.15) is 11.8 Å². The van der Waals surface area contributed by atoms with Crippen molar-refractivity contribution in [2.75, 3.05) is 0 Å². The summed E-state index contributed by atoms with van der Waals surface area (Å²) < 4.78 is 5.37. The molecule has 0 spiro atoms. The van der Waals surface area contributed by atoms with E-state index < -0.39 is 0 Å². The Morgan fingerprint density at radius 1 is 1.67 bits per heavy atom. The highest BCUT2D eigenvalue weighted by molar-refractivity contribution is 9.10. The van der Waals surface area contributed by atoms with Gasteiger partial charge in [-0.25, -0.2) is 9.78 Å². The normalized spacial score (nSPS) is 14.3. The molecule has 0 unspecified atom stereocenters. The van der Waals surface area contributed by atoms with Gasteiger partial charge in [0, 0.05) is 0 Å². The molecule has 0 bridgehead atoms. The van der Waals surface area contributed by atoms with Crippen LogP contribution in [0.25, 0.3) is 0 Å². The maximum absolute atomic E-state index is 11.0. The standard InChI is InChI=1S/C7H3BrClNO2/c8-4-1-3-5(10-6(4)9)2-12-7(3)11/h1H,2H2. The molecular weight excluding hydrogens is 245 g/mol. The molecule has 2 rings (SSSR count). The molecule has 3 nitrogen and oxygen atoms in total. The zero-order chi connectivity index (χ0) is 8.72. The van der Waals surface area contributed by atoms with Crippen molar-refractivity contribution >= 4 is 33.5 Å². The van der Waals surface area contributed by atoms with Crippen LogP contribution in [0.2, 0.25) is 5.15 Å². The van der Waals surface area contributed by atoms with Crippen LogP contribution in [0.4, 0.5) is 0 Å². The fourth-order valence-electron chi connectivity index (χ4n) is 1.00. The van der Waals surface area contributed by atoms with Gasteiger partial charge in [0.05, 0.1) is 15.7 Å². The van der Waals surface area contributed by atoms with Gasteiger partial charge in [-0.3, -0.25) is 0 Å². The number of carbonyl (C=O) groups is 1. The lowest BCUT2D eigenvalue weighted by atomic mass is 10.2. The molecular formula is C7H3BrClNO2. The fourth-order valence-corrected chi connectivity index (χ4v) is 1.47. The monoisotopic (exact) mass is 247 g/mol. The Balaban J connectivity index is 2.63. The Labute approximate surface area is 81.8 Å². The fraction of sp³-hybridized carbons (Fsp3) is 0.143. The molecule has 12 heavy (non-hydrogen) atoms. The molecule has 1 aliphatic heterocycles. The van der Waals surface area contributed by atoms with Crippen molar-refractivity contribution in [3.05, 3.63) is 26.9 Å². The van der Waals surface area contributed by atoms with Crippen molar-refractivity contribution in [1.82, 2.24) is 4.98 Å². The van der Waals surface area contributed by atoms with E-state index in [0.29, 0.717) is 20.9 Å². The van der Waals surface area contributed by atoms with Crippen molar-refractivity contribution in [2.45, 2.75) is 6.61 Å². The highest BCUT2D eigenvalue weighted by Gasteiger charge is 2.23. The van der Waals surface area contributed by atoms with Crippen molar-refractivity contribution in [3.63, 3.8) is 0 Å². The second-order valence-corrected chi connectivity index (χ2v) is 3.54. The number of carbonyl (C=O) groups excluding carboxylic acids is 1. The molecule has 62 valence electrons. The molecule has 0 amide bonds. The van der Waals surface area contributed by atoms with Gasteiger partial charge in [-0.05, 0) is 22.0 Å². The van der Waals surface area contributed by atoms with Crippen LogP contribution >= 0.6 is 27.5 Å². The van der Waals surface area contributed by atoms with E-state index in [1.165, 1.54) is 0 Å². The molecule has 0 saturated heterocycles. The van der Waals surface area contributed by atoms with E-state index in [-0.39, 0.29) is 12.6 Å². The molecule has 0 radical (unpaired) electrons. The number of halogens is 2. The Kier molecular flexibility index (Phi) is 1.81. The molecule has 0 aromatic carbocycles. The van der Waals surface area contributed by atoms with Gasteiger partial charge in [-0.2, -0.15) is 0 Å². The number of ether oxygens (including phenoxy) is 1. The summed E-state index contributed by atoms with van der Waals surface area (Å²) in [6.45, 7) is 0.223. The number of hydrogen-bond donors (Lipinski definition) is 0. The maximum atomic E-state index is 11.0. The van der Waals surface area contributed by atoms with Gasteiger partial charge in [-0.15, -0.1) is 0 Å². The van der Waals surface area contributed by atoms with E-state index in [4.69, 9.17) is 16.3 Å². The quantitative estimate of drug-likeness (QED) is 0.522. The minimum atomic E-state index is -0.338. The first-order valence-corrected chi connectivity index (χ1v) is 4.37. The van der Waals surface area contributed by atoms with E-state index in [1.807, 2.05) is 0 Å². The second-order valence-electron chi connectivity index (χ2n) is 2.33. The zero-order valence-corrected chi connectivity index (χ0v) is 8.15. The first kappa shape index (κ1) is 8.01. The number of aromatic nitrogens is 1. The predicted octanol–water partition coefficient (Wildman–Crippen LogP) is 2.17. The van der Waals surface area contributed by atoms with Gasteiger partial charge >= 0.3 is 5.97 Å². The van der Waals surface area contributed by atoms with Crippen LogP contribution in [-0.2, 0) is 11.3 Å². The molecule has 2 heterocycles. The smallest absolute Gasteiger partial charge is 0.340 e. The molecule has 0 fully saturated rings. The van der Waals surface area contributed by atoms with Gasteiger partial charge in [0.15, 0.2) is 0 Å². The highest BCUT2D eigenvalue weighted by atomic mass is 79.9. The van der Waals surface area contributed by atoms with Crippen LogP contribution in [0, 0.1) is 0 Å². The molecule has 5 heteroatoms. The molecule has 1 aliphatic rings. The third-order valence-corrected chi connectivity index (χ3v) is 2.69. The van der Waals surface area contributed by atoms with Crippen LogP contribution in [0.1, 0.15) is 16.1 Å². The summed E-state index contributed by atoms with van der Waals surface area (Å²) in [7, 11) is 0. The lowest BCUT2D eigenvalue weighted by Gasteiger charge is -1.96. The van der Waals surface area contributed by atoms with E-state index in [9.17, 15) is 4.79 Å². The average molecular weight is 248 g/mol. The van der Waals surface area contributed by atoms with Gasteiger partial charge in [0.25, 0.3) is 0 Å². The molecule has 1 aromatic rings. The van der Waals surface area contributed by atoms with E-state index in [1.54, 1.807) is 6.07 Å². The average Bonchev–Trinajstić information content (AvgIpc) is 2.35. The summed E-state index contributed by atoms with van der Waals surface area (Å²) >= 11 is 8.89. The summed E-state index contributed by atoms with van der Waals surface area (Å²) in [5.41, 5.74) is 1.10. The largest absolute Gasteiger partial charge is 0.455 e. The minimum Gasteiger partial charge on any atom is -0.455 e. The number of cyclic esters (lactones) is 1. The SMILES string of the molecule is O=C1OCc2nc(Cl)c(Br)cc21. The number of nitrogens with zero attached hydrogens (tertiary/aromatic N) is 1. The van der Waals surface area contributed by atoms with Gasteiger partial charge in [0.2, 0.25) is 0 Å². The summed E-state index contributed by atoms with van der Waals surface area (Å²) in [5, 5.41) is 0.354. The summed E-state index contributed by atoms with van der Waals surface area (Å²) in [5.74, 6) is -0.338. The highest BCUT2D eigenvalue weighted by Crippen LogP contribution is 2.27. The van der Waals surface area contributed by atoms with Crippen molar-refractivity contribution in [2.24, 2.45) is 0 Å². The number of hydrogen-bond acceptors (Lipinski definition) is 3.